The number of hydrogen-bond donors (Lipinski definition) is 1. The van der Waals surface area contributed by atoms with Gasteiger partial charge in [0.1, 0.15) is 5.75 Å². The monoisotopic (exact) mass is 352 g/mol. The molecule has 0 spiro atoms. The summed E-state index contributed by atoms with van der Waals surface area (Å²) in [6.45, 7) is 1.69. The normalized spacial score (nSPS) is 21.1. The van der Waals surface area contributed by atoms with Gasteiger partial charge < -0.3 is 15.0 Å². The molecular formula is C20H24N4O2. The van der Waals surface area contributed by atoms with Gasteiger partial charge in [-0.2, -0.15) is 0 Å². The van der Waals surface area contributed by atoms with E-state index in [2.05, 4.69) is 20.2 Å². The van der Waals surface area contributed by atoms with E-state index >= 15 is 0 Å². The number of methoxy groups -OCH3 is 1. The van der Waals surface area contributed by atoms with E-state index in [-0.39, 0.29) is 17.4 Å². The van der Waals surface area contributed by atoms with E-state index < -0.39 is 0 Å². The number of nitrogens with one attached hydrogen (secondary N) is 1. The number of hydrogen-bond acceptors (Lipinski definition) is 5. The number of nitrogens with zero attached hydrogens (tertiary/aromatic N) is 3. The first kappa shape index (κ1) is 16.8. The molecule has 4 rings (SSSR count). The molecule has 1 aliphatic heterocycles. The number of benzene rings is 1. The summed E-state index contributed by atoms with van der Waals surface area (Å²) >= 11 is 0. The fraction of sp³-hybridized carbons (Fsp3) is 0.450. The van der Waals surface area contributed by atoms with E-state index in [1.165, 1.54) is 0 Å². The van der Waals surface area contributed by atoms with E-state index in [0.717, 1.165) is 56.0 Å². The quantitative estimate of drug-likeness (QED) is 0.894. The molecule has 6 heteroatoms. The average molecular weight is 352 g/mol. The predicted octanol–water partition coefficient (Wildman–Crippen LogP) is 2.30. The van der Waals surface area contributed by atoms with Gasteiger partial charge in [0.2, 0.25) is 11.9 Å². The topological polar surface area (TPSA) is 67.3 Å². The van der Waals surface area contributed by atoms with Gasteiger partial charge in [0, 0.05) is 31.5 Å². The van der Waals surface area contributed by atoms with E-state index in [0.29, 0.717) is 0 Å². The van der Waals surface area contributed by atoms with Crippen LogP contribution in [0.1, 0.15) is 31.2 Å². The van der Waals surface area contributed by atoms with Gasteiger partial charge in [-0.15, -0.1) is 0 Å². The van der Waals surface area contributed by atoms with Gasteiger partial charge in [0.15, 0.2) is 0 Å². The number of piperidine rings is 1. The summed E-state index contributed by atoms with van der Waals surface area (Å²) in [7, 11) is 1.65. The number of amides is 1. The SMILES string of the molecule is COc1ccc(C2(C(=O)N[C@@H]3CCCN(c4ncccn4)C3)CC2)cc1. The molecule has 1 aliphatic carbocycles. The molecule has 26 heavy (non-hydrogen) atoms. The third-order valence-electron chi connectivity index (χ3n) is 5.42. The van der Waals surface area contributed by atoms with Crippen molar-refractivity contribution in [3.05, 3.63) is 48.3 Å². The molecular weight excluding hydrogens is 328 g/mol. The summed E-state index contributed by atoms with van der Waals surface area (Å²) in [6.07, 6.45) is 7.35. The summed E-state index contributed by atoms with van der Waals surface area (Å²) < 4.78 is 5.22. The molecule has 1 N–H and O–H groups in total. The van der Waals surface area contributed by atoms with Crippen molar-refractivity contribution in [1.82, 2.24) is 15.3 Å². The molecule has 2 fully saturated rings. The fourth-order valence-electron chi connectivity index (χ4n) is 3.74. The fourth-order valence-corrected chi connectivity index (χ4v) is 3.74. The molecule has 1 saturated carbocycles. The lowest BCUT2D eigenvalue weighted by Crippen LogP contribution is -2.50. The minimum Gasteiger partial charge on any atom is -0.497 e. The number of carbonyl (C=O) groups excluding carboxylic acids is 1. The van der Waals surface area contributed by atoms with Gasteiger partial charge in [0.05, 0.1) is 12.5 Å². The van der Waals surface area contributed by atoms with Crippen LogP contribution < -0.4 is 15.0 Å². The van der Waals surface area contributed by atoms with Crippen LogP contribution in [0, 0.1) is 0 Å². The third-order valence-corrected chi connectivity index (χ3v) is 5.42. The molecule has 0 radical (unpaired) electrons. The standard InChI is InChI=1S/C20H24N4O2/c1-26-17-7-5-15(6-8-17)20(9-10-20)18(25)23-16-4-2-13-24(14-16)19-21-11-3-12-22-19/h3,5-8,11-12,16H,2,4,9-10,13-14H2,1H3,(H,23,25)/t16-/m1/s1. The Bertz CT molecular complexity index is 759. The maximum atomic E-state index is 13.0. The van der Waals surface area contributed by atoms with Crippen molar-refractivity contribution in [1.29, 1.82) is 0 Å². The number of aromatic nitrogens is 2. The zero-order valence-electron chi connectivity index (χ0n) is 15.0. The van der Waals surface area contributed by atoms with Gasteiger partial charge in [-0.05, 0) is 49.4 Å². The summed E-state index contributed by atoms with van der Waals surface area (Å²) in [6, 6.07) is 9.83. The van der Waals surface area contributed by atoms with Crippen LogP contribution in [-0.2, 0) is 10.2 Å². The Balaban J connectivity index is 1.42. The number of anilines is 1. The lowest BCUT2D eigenvalue weighted by Gasteiger charge is -2.34. The molecule has 6 nitrogen and oxygen atoms in total. The highest BCUT2D eigenvalue weighted by atomic mass is 16.5. The zero-order chi connectivity index (χ0) is 18.0. The van der Waals surface area contributed by atoms with Crippen molar-refractivity contribution >= 4 is 11.9 Å². The molecule has 2 heterocycles. The summed E-state index contributed by atoms with van der Waals surface area (Å²) in [5.74, 6) is 1.70. The first-order valence-electron chi connectivity index (χ1n) is 9.19. The highest BCUT2D eigenvalue weighted by Crippen LogP contribution is 2.48. The number of ether oxygens (including phenoxy) is 1. The Morgan fingerprint density at radius 1 is 1.23 bits per heavy atom. The van der Waals surface area contributed by atoms with Crippen LogP contribution in [0.4, 0.5) is 5.95 Å². The van der Waals surface area contributed by atoms with Crippen molar-refractivity contribution in [2.24, 2.45) is 0 Å². The first-order chi connectivity index (χ1) is 12.7. The molecule has 1 aromatic carbocycles. The summed E-state index contributed by atoms with van der Waals surface area (Å²) in [5, 5.41) is 3.28. The molecule has 1 aromatic heterocycles. The molecule has 0 unspecified atom stereocenters. The lowest BCUT2D eigenvalue weighted by atomic mass is 9.94. The van der Waals surface area contributed by atoms with Crippen LogP contribution in [0.15, 0.2) is 42.7 Å². The van der Waals surface area contributed by atoms with Gasteiger partial charge in [-0.3, -0.25) is 4.79 Å². The van der Waals surface area contributed by atoms with E-state index in [1.54, 1.807) is 19.5 Å². The van der Waals surface area contributed by atoms with Gasteiger partial charge in [-0.1, -0.05) is 12.1 Å². The van der Waals surface area contributed by atoms with Gasteiger partial charge in [-0.25, -0.2) is 9.97 Å². The highest BCUT2D eigenvalue weighted by molar-refractivity contribution is 5.91. The molecule has 0 bridgehead atoms. The third kappa shape index (κ3) is 3.23. The van der Waals surface area contributed by atoms with E-state index in [4.69, 9.17) is 4.74 Å². The van der Waals surface area contributed by atoms with Crippen molar-refractivity contribution in [3.63, 3.8) is 0 Å². The van der Waals surface area contributed by atoms with Gasteiger partial charge >= 0.3 is 0 Å². The maximum absolute atomic E-state index is 13.0. The Kier molecular flexibility index (Phi) is 4.49. The second-order valence-corrected chi connectivity index (χ2v) is 7.12. The van der Waals surface area contributed by atoms with Crippen LogP contribution in [-0.4, -0.2) is 42.1 Å². The number of rotatable bonds is 5. The van der Waals surface area contributed by atoms with Crippen LogP contribution >= 0.6 is 0 Å². The lowest BCUT2D eigenvalue weighted by molar-refractivity contribution is -0.124. The minimum absolute atomic E-state index is 0.135. The highest BCUT2D eigenvalue weighted by Gasteiger charge is 2.51. The van der Waals surface area contributed by atoms with Gasteiger partial charge in [0.25, 0.3) is 0 Å². The summed E-state index contributed by atoms with van der Waals surface area (Å²) in [4.78, 5) is 23.8. The van der Waals surface area contributed by atoms with Crippen molar-refractivity contribution in [3.8, 4) is 5.75 Å². The maximum Gasteiger partial charge on any atom is 0.230 e. The molecule has 1 atom stereocenters. The zero-order valence-corrected chi connectivity index (χ0v) is 15.0. The molecule has 1 amide bonds. The Hall–Kier alpha value is -2.63. The van der Waals surface area contributed by atoms with Crippen LogP contribution in [0.3, 0.4) is 0 Å². The number of carbonyl (C=O) groups is 1. The van der Waals surface area contributed by atoms with Crippen LogP contribution in [0.25, 0.3) is 0 Å². The van der Waals surface area contributed by atoms with Crippen LogP contribution in [0.5, 0.6) is 5.75 Å². The minimum atomic E-state index is -0.363. The molecule has 136 valence electrons. The van der Waals surface area contributed by atoms with Crippen molar-refractivity contribution in [2.75, 3.05) is 25.1 Å². The van der Waals surface area contributed by atoms with Crippen molar-refractivity contribution < 1.29 is 9.53 Å². The van der Waals surface area contributed by atoms with Crippen LogP contribution in [0.2, 0.25) is 0 Å². The first-order valence-corrected chi connectivity index (χ1v) is 9.19. The summed E-state index contributed by atoms with van der Waals surface area (Å²) in [5.41, 5.74) is 0.715. The van der Waals surface area contributed by atoms with E-state index in [1.807, 2.05) is 30.3 Å². The largest absolute Gasteiger partial charge is 0.497 e. The molecule has 2 aliphatic rings. The molecule has 1 saturated heterocycles. The Labute approximate surface area is 153 Å². The van der Waals surface area contributed by atoms with E-state index in [9.17, 15) is 4.79 Å². The predicted molar refractivity (Wildman–Crippen MR) is 99.3 cm³/mol. The smallest absolute Gasteiger partial charge is 0.230 e. The second kappa shape index (κ2) is 6.94. The van der Waals surface area contributed by atoms with Crippen molar-refractivity contribution in [2.45, 2.75) is 37.1 Å². The average Bonchev–Trinajstić information content (AvgIpc) is 3.51. The molecule has 2 aromatic rings. The second-order valence-electron chi connectivity index (χ2n) is 7.12. The Morgan fingerprint density at radius 3 is 2.62 bits per heavy atom. The Morgan fingerprint density at radius 2 is 1.96 bits per heavy atom.